The fourth-order valence-electron chi connectivity index (χ4n) is 2.21. The maximum absolute atomic E-state index is 13.3. The second-order valence-corrected chi connectivity index (χ2v) is 6.12. The van der Waals surface area contributed by atoms with Crippen LogP contribution in [0.3, 0.4) is 0 Å². The van der Waals surface area contributed by atoms with E-state index in [1.54, 1.807) is 17.5 Å². The molecule has 0 aliphatic heterocycles. The molecule has 0 unspecified atom stereocenters. The summed E-state index contributed by atoms with van der Waals surface area (Å²) in [5.41, 5.74) is -1.12. The average Bonchev–Trinajstić information content (AvgIpc) is 3.03. The minimum Gasteiger partial charge on any atom is -0.284 e. The van der Waals surface area contributed by atoms with Gasteiger partial charge in [0, 0.05) is 10.9 Å². The maximum atomic E-state index is 13.3. The molecule has 116 valence electrons. The zero-order valence-electron chi connectivity index (χ0n) is 11.7. The van der Waals surface area contributed by atoms with Gasteiger partial charge in [-0.1, -0.05) is 19.9 Å². The topological polar surface area (TPSA) is 50.2 Å². The van der Waals surface area contributed by atoms with E-state index in [2.05, 4.69) is 10.1 Å². The molecular weight excluding hydrogens is 315 g/mol. The highest BCUT2D eigenvalue weighted by molar-refractivity contribution is 7.13. The molecule has 3 rings (SSSR count). The molecule has 0 saturated heterocycles. The van der Waals surface area contributed by atoms with Gasteiger partial charge < -0.3 is 0 Å². The van der Waals surface area contributed by atoms with Crippen LogP contribution < -0.4 is 5.56 Å². The first-order chi connectivity index (χ1) is 10.3. The quantitative estimate of drug-likeness (QED) is 0.776. The predicted octanol–water partition coefficient (Wildman–Crippen LogP) is 3.89. The van der Waals surface area contributed by atoms with Crippen molar-refractivity contribution < 1.29 is 13.2 Å². The molecular formula is C14H12F3N3OS. The molecule has 0 amide bonds. The lowest BCUT2D eigenvalue weighted by Gasteiger charge is -2.06. The number of aromatic nitrogens is 3. The van der Waals surface area contributed by atoms with Gasteiger partial charge >= 0.3 is 6.18 Å². The fraction of sp³-hybridized carbons (Fsp3) is 0.286. The van der Waals surface area contributed by atoms with Gasteiger partial charge in [0.25, 0.3) is 5.56 Å². The van der Waals surface area contributed by atoms with Crippen molar-refractivity contribution in [1.82, 2.24) is 14.6 Å². The molecule has 8 heteroatoms. The van der Waals surface area contributed by atoms with E-state index in [1.165, 1.54) is 17.4 Å². The van der Waals surface area contributed by atoms with Crippen LogP contribution >= 0.6 is 11.3 Å². The third kappa shape index (κ3) is 2.33. The molecule has 3 heterocycles. The zero-order chi connectivity index (χ0) is 16.1. The number of nitrogens with one attached hydrogen (secondary N) is 1. The standard InChI is InChI=1S/C14H12F3N3OS/c1-7(2)8-6-10(21)20-13(18-8)11(9-4-3-5-22-9)12(19-20)14(15,16)17/h3-7,19H,1-2H3. The average molecular weight is 327 g/mol. The van der Waals surface area contributed by atoms with Crippen LogP contribution in [0.15, 0.2) is 28.4 Å². The van der Waals surface area contributed by atoms with Crippen LogP contribution in [0, 0.1) is 0 Å². The van der Waals surface area contributed by atoms with Gasteiger partial charge in [-0.15, -0.1) is 11.3 Å². The van der Waals surface area contributed by atoms with Gasteiger partial charge in [0.05, 0.1) is 11.3 Å². The summed E-state index contributed by atoms with van der Waals surface area (Å²) in [6.45, 7) is 3.67. The smallest absolute Gasteiger partial charge is 0.284 e. The summed E-state index contributed by atoms with van der Waals surface area (Å²) in [5, 5.41) is 3.83. The van der Waals surface area contributed by atoms with E-state index in [4.69, 9.17) is 0 Å². The molecule has 0 aliphatic carbocycles. The summed E-state index contributed by atoms with van der Waals surface area (Å²) in [4.78, 5) is 16.8. The Morgan fingerprint density at radius 2 is 2.09 bits per heavy atom. The second-order valence-electron chi connectivity index (χ2n) is 5.17. The van der Waals surface area contributed by atoms with E-state index in [0.717, 1.165) is 4.52 Å². The number of fused-ring (bicyclic) bond motifs is 1. The van der Waals surface area contributed by atoms with Gasteiger partial charge in [-0.05, 0) is 17.4 Å². The molecule has 0 saturated carbocycles. The van der Waals surface area contributed by atoms with Gasteiger partial charge in [0.2, 0.25) is 0 Å². The Morgan fingerprint density at radius 3 is 2.64 bits per heavy atom. The molecule has 1 N–H and O–H groups in total. The van der Waals surface area contributed by atoms with E-state index in [-0.39, 0.29) is 17.1 Å². The van der Waals surface area contributed by atoms with E-state index in [9.17, 15) is 18.0 Å². The first kappa shape index (κ1) is 14.8. The second kappa shape index (κ2) is 4.98. The lowest BCUT2D eigenvalue weighted by Crippen LogP contribution is -2.17. The lowest BCUT2D eigenvalue weighted by molar-refractivity contribution is -0.140. The van der Waals surface area contributed by atoms with Crippen molar-refractivity contribution in [1.29, 1.82) is 0 Å². The SMILES string of the molecule is CC(C)c1cc(=O)n2[nH]c(C(F)(F)F)c(-c3cccs3)c2n1. The molecule has 3 aromatic heterocycles. The third-order valence-corrected chi connectivity index (χ3v) is 4.17. The fourth-order valence-corrected chi connectivity index (χ4v) is 2.98. The summed E-state index contributed by atoms with van der Waals surface area (Å²) in [6.07, 6.45) is -4.60. The minimum absolute atomic E-state index is 0.00553. The normalized spacial score (nSPS) is 12.5. The minimum atomic E-state index is -4.60. The Hall–Kier alpha value is -2.09. The highest BCUT2D eigenvalue weighted by Gasteiger charge is 2.38. The molecule has 0 fully saturated rings. The Bertz CT molecular complexity index is 875. The van der Waals surface area contributed by atoms with Crippen molar-refractivity contribution in [2.45, 2.75) is 25.9 Å². The molecule has 22 heavy (non-hydrogen) atoms. The van der Waals surface area contributed by atoms with Gasteiger partial charge in [0.1, 0.15) is 5.69 Å². The van der Waals surface area contributed by atoms with E-state index < -0.39 is 17.4 Å². The summed E-state index contributed by atoms with van der Waals surface area (Å²) in [7, 11) is 0. The monoisotopic (exact) mass is 327 g/mol. The maximum Gasteiger partial charge on any atom is 0.433 e. The van der Waals surface area contributed by atoms with Crippen LogP contribution in [0.25, 0.3) is 16.1 Å². The van der Waals surface area contributed by atoms with Gasteiger partial charge in [-0.3, -0.25) is 9.89 Å². The lowest BCUT2D eigenvalue weighted by atomic mass is 10.1. The number of aromatic amines is 1. The van der Waals surface area contributed by atoms with Crippen molar-refractivity contribution >= 4 is 17.0 Å². The summed E-state index contributed by atoms with van der Waals surface area (Å²) >= 11 is 1.17. The Kier molecular flexibility index (Phi) is 3.36. The largest absolute Gasteiger partial charge is 0.433 e. The Morgan fingerprint density at radius 1 is 1.36 bits per heavy atom. The number of alkyl halides is 3. The van der Waals surface area contributed by atoms with Crippen molar-refractivity contribution in [3.63, 3.8) is 0 Å². The molecule has 0 radical (unpaired) electrons. The number of rotatable bonds is 2. The first-order valence-corrected chi connectivity index (χ1v) is 7.43. The molecule has 4 nitrogen and oxygen atoms in total. The number of thiophene rings is 1. The summed E-state index contributed by atoms with van der Waals surface area (Å²) in [6, 6.07) is 4.50. The highest BCUT2D eigenvalue weighted by Crippen LogP contribution is 2.39. The molecule has 0 aromatic carbocycles. The van der Waals surface area contributed by atoms with Gasteiger partial charge in [-0.25, -0.2) is 9.50 Å². The van der Waals surface area contributed by atoms with Crippen LogP contribution in [0.2, 0.25) is 0 Å². The van der Waals surface area contributed by atoms with E-state index in [1.807, 2.05) is 13.8 Å². The van der Waals surface area contributed by atoms with Crippen molar-refractivity contribution in [2.24, 2.45) is 0 Å². The van der Waals surface area contributed by atoms with Gasteiger partial charge in [-0.2, -0.15) is 13.2 Å². The van der Waals surface area contributed by atoms with Crippen LogP contribution in [-0.2, 0) is 6.18 Å². The van der Waals surface area contributed by atoms with Crippen LogP contribution in [0.4, 0.5) is 13.2 Å². The third-order valence-electron chi connectivity index (χ3n) is 3.28. The molecule has 0 spiro atoms. The predicted molar refractivity (Wildman–Crippen MR) is 78.2 cm³/mol. The molecule has 0 aliphatic rings. The summed E-state index contributed by atoms with van der Waals surface area (Å²) < 4.78 is 40.7. The highest BCUT2D eigenvalue weighted by atomic mass is 32.1. The molecule has 0 atom stereocenters. The summed E-state index contributed by atoms with van der Waals surface area (Å²) in [5.74, 6) is -0.0573. The zero-order valence-corrected chi connectivity index (χ0v) is 12.5. The van der Waals surface area contributed by atoms with E-state index >= 15 is 0 Å². The number of hydrogen-bond donors (Lipinski definition) is 1. The Balaban J connectivity index is 2.44. The number of nitrogens with zero attached hydrogens (tertiary/aromatic N) is 2. The first-order valence-electron chi connectivity index (χ1n) is 6.55. The van der Waals surface area contributed by atoms with Crippen LogP contribution in [0.5, 0.6) is 0 Å². The van der Waals surface area contributed by atoms with Crippen molar-refractivity contribution in [3.05, 3.63) is 45.3 Å². The van der Waals surface area contributed by atoms with E-state index in [0.29, 0.717) is 10.6 Å². The van der Waals surface area contributed by atoms with Crippen molar-refractivity contribution in [2.75, 3.05) is 0 Å². The number of H-pyrrole nitrogens is 1. The Labute approximate surface area is 127 Å². The van der Waals surface area contributed by atoms with Crippen LogP contribution in [0.1, 0.15) is 31.2 Å². The molecule has 3 aromatic rings. The van der Waals surface area contributed by atoms with Crippen molar-refractivity contribution in [3.8, 4) is 10.4 Å². The number of halogens is 3. The molecule has 0 bridgehead atoms. The van der Waals surface area contributed by atoms with Gasteiger partial charge in [0.15, 0.2) is 5.65 Å². The number of hydrogen-bond acceptors (Lipinski definition) is 3. The van der Waals surface area contributed by atoms with Crippen LogP contribution in [-0.4, -0.2) is 14.6 Å².